The summed E-state index contributed by atoms with van der Waals surface area (Å²) >= 11 is 0. The summed E-state index contributed by atoms with van der Waals surface area (Å²) < 4.78 is 5.42. The van der Waals surface area contributed by atoms with E-state index in [1.54, 1.807) is 32.0 Å². The molecule has 0 radical (unpaired) electrons. The van der Waals surface area contributed by atoms with Crippen LogP contribution >= 0.6 is 0 Å². The van der Waals surface area contributed by atoms with Gasteiger partial charge in [-0.3, -0.25) is 0 Å². The van der Waals surface area contributed by atoms with Crippen molar-refractivity contribution in [2.45, 2.75) is 39.3 Å². The van der Waals surface area contributed by atoms with Crippen LogP contribution in [0, 0.1) is 11.8 Å². The van der Waals surface area contributed by atoms with E-state index in [2.05, 4.69) is 5.18 Å². The highest BCUT2D eigenvalue weighted by Crippen LogP contribution is 2.25. The lowest BCUT2D eigenvalue weighted by molar-refractivity contribution is -0.145. The first-order valence-corrected chi connectivity index (χ1v) is 5.82. The normalized spacial score (nSPS) is 13.7. The van der Waals surface area contributed by atoms with E-state index in [4.69, 9.17) is 9.84 Å². The number of carbonyl (C=O) groups is 1. The minimum absolute atomic E-state index is 0.392. The van der Waals surface area contributed by atoms with Crippen LogP contribution in [0.25, 0.3) is 0 Å². The highest BCUT2D eigenvalue weighted by molar-refractivity contribution is 5.72. The van der Waals surface area contributed by atoms with Crippen molar-refractivity contribution < 1.29 is 14.6 Å². The molecule has 1 aromatic carbocycles. The van der Waals surface area contributed by atoms with Gasteiger partial charge in [0.05, 0.1) is 0 Å². The second-order valence-electron chi connectivity index (χ2n) is 4.16. The van der Waals surface area contributed by atoms with Gasteiger partial charge < -0.3 is 9.84 Å². The van der Waals surface area contributed by atoms with Gasteiger partial charge >= 0.3 is 5.97 Å². The number of carboxylic acids is 1. The summed E-state index contributed by atoms with van der Waals surface area (Å²) in [4.78, 5) is 21.3. The molecule has 0 aliphatic heterocycles. The Morgan fingerprint density at radius 2 is 2.17 bits per heavy atom. The fourth-order valence-electron chi connectivity index (χ4n) is 1.59. The van der Waals surface area contributed by atoms with Crippen LogP contribution in [0.1, 0.15) is 37.4 Å². The molecule has 0 saturated carbocycles. The monoisotopic (exact) mass is 251 g/mol. The third-order valence-electron chi connectivity index (χ3n) is 2.75. The summed E-state index contributed by atoms with van der Waals surface area (Å²) in [7, 11) is 0. The Morgan fingerprint density at radius 3 is 2.61 bits per heavy atom. The van der Waals surface area contributed by atoms with Gasteiger partial charge in [-0.1, -0.05) is 24.2 Å². The molecular formula is C13H17NO4. The number of hydrogen-bond acceptors (Lipinski definition) is 4. The summed E-state index contributed by atoms with van der Waals surface area (Å²) in [5.74, 6) is -0.463. The van der Waals surface area contributed by atoms with E-state index < -0.39 is 18.1 Å². The molecular weight excluding hydrogens is 234 g/mol. The number of nitroso groups, excluding NO2 is 1. The van der Waals surface area contributed by atoms with E-state index in [9.17, 15) is 9.70 Å². The number of hydrogen-bond donors (Lipinski definition) is 1. The molecule has 18 heavy (non-hydrogen) atoms. The van der Waals surface area contributed by atoms with Gasteiger partial charge in [0, 0.05) is 0 Å². The molecule has 1 N–H and O–H groups in total. The zero-order valence-corrected chi connectivity index (χ0v) is 10.7. The van der Waals surface area contributed by atoms with Gasteiger partial charge in [-0.2, -0.15) is 4.91 Å². The van der Waals surface area contributed by atoms with Crippen LogP contribution in [0.4, 0.5) is 0 Å². The zero-order valence-electron chi connectivity index (χ0n) is 10.7. The number of benzene rings is 1. The van der Waals surface area contributed by atoms with Crippen LogP contribution in [0.2, 0.25) is 0 Å². The number of ether oxygens (including phenoxy) is 1. The van der Waals surface area contributed by atoms with Crippen molar-refractivity contribution in [2.24, 2.45) is 5.18 Å². The van der Waals surface area contributed by atoms with E-state index >= 15 is 0 Å². The van der Waals surface area contributed by atoms with Crippen molar-refractivity contribution in [1.82, 2.24) is 0 Å². The third-order valence-corrected chi connectivity index (χ3v) is 2.75. The summed E-state index contributed by atoms with van der Waals surface area (Å²) in [5, 5.41) is 11.9. The van der Waals surface area contributed by atoms with Crippen molar-refractivity contribution in [3.8, 4) is 5.75 Å². The Labute approximate surface area is 106 Å². The van der Waals surface area contributed by atoms with Gasteiger partial charge in [0.2, 0.25) is 0 Å². The maximum atomic E-state index is 10.9. The van der Waals surface area contributed by atoms with Crippen LogP contribution in [-0.2, 0) is 4.79 Å². The topological polar surface area (TPSA) is 76.0 Å². The number of aliphatic carboxylic acids is 1. The fourth-order valence-corrected chi connectivity index (χ4v) is 1.59. The van der Waals surface area contributed by atoms with Gasteiger partial charge in [-0.15, -0.1) is 0 Å². The number of nitrogens with zero attached hydrogens (tertiary/aromatic N) is 1. The fraction of sp³-hybridized carbons (Fsp3) is 0.462. The molecule has 0 aliphatic carbocycles. The van der Waals surface area contributed by atoms with Gasteiger partial charge in [0.1, 0.15) is 11.8 Å². The first-order valence-electron chi connectivity index (χ1n) is 5.82. The predicted molar refractivity (Wildman–Crippen MR) is 67.7 cm³/mol. The molecule has 0 saturated heterocycles. The van der Waals surface area contributed by atoms with E-state index in [1.165, 1.54) is 0 Å². The van der Waals surface area contributed by atoms with Gasteiger partial charge in [0.15, 0.2) is 6.10 Å². The van der Waals surface area contributed by atoms with E-state index in [1.807, 2.05) is 6.92 Å². The summed E-state index contributed by atoms with van der Waals surface area (Å²) in [6.07, 6.45) is -0.459. The summed E-state index contributed by atoms with van der Waals surface area (Å²) in [6.45, 7) is 5.26. The standard InChI is InChI=1S/C13H17NO4/c1-4-11(13(15)16)18-12-6-5-10(7-8(12)2)9(3)14-17/h5-7,9,11H,4H2,1-3H3,(H,15,16). The maximum Gasteiger partial charge on any atom is 0.344 e. The lowest BCUT2D eigenvalue weighted by atomic mass is 10.1. The second kappa shape index (κ2) is 6.14. The maximum absolute atomic E-state index is 10.9. The lowest BCUT2D eigenvalue weighted by Gasteiger charge is -2.16. The zero-order chi connectivity index (χ0) is 13.7. The van der Waals surface area contributed by atoms with Gasteiger partial charge in [-0.05, 0) is 37.5 Å². The molecule has 5 nitrogen and oxygen atoms in total. The van der Waals surface area contributed by atoms with Crippen LogP contribution < -0.4 is 4.74 Å². The number of aryl methyl sites for hydroxylation is 1. The predicted octanol–water partition coefficient (Wildman–Crippen LogP) is 3.06. The molecule has 0 spiro atoms. The molecule has 0 fully saturated rings. The van der Waals surface area contributed by atoms with Crippen LogP contribution in [0.3, 0.4) is 0 Å². The molecule has 2 atom stereocenters. The quantitative estimate of drug-likeness (QED) is 0.788. The van der Waals surface area contributed by atoms with Crippen molar-refractivity contribution in [1.29, 1.82) is 0 Å². The molecule has 98 valence electrons. The first kappa shape index (κ1) is 14.2. The SMILES string of the molecule is CCC(Oc1ccc(C(C)N=O)cc1C)C(=O)O. The number of rotatable bonds is 6. The molecule has 0 heterocycles. The molecule has 0 aliphatic rings. The van der Waals surface area contributed by atoms with Crippen molar-refractivity contribution >= 4 is 5.97 Å². The second-order valence-corrected chi connectivity index (χ2v) is 4.16. The Balaban J connectivity index is 2.92. The van der Waals surface area contributed by atoms with Crippen molar-refractivity contribution in [3.05, 3.63) is 34.2 Å². The van der Waals surface area contributed by atoms with Gasteiger partial charge in [0.25, 0.3) is 0 Å². The first-order chi connectivity index (χ1) is 8.49. The molecule has 0 aromatic heterocycles. The van der Waals surface area contributed by atoms with Crippen molar-refractivity contribution in [3.63, 3.8) is 0 Å². The largest absolute Gasteiger partial charge is 0.479 e. The Bertz CT molecular complexity index is 445. The molecule has 5 heteroatoms. The van der Waals surface area contributed by atoms with Crippen LogP contribution in [0.5, 0.6) is 5.75 Å². The third kappa shape index (κ3) is 3.29. The van der Waals surface area contributed by atoms with Crippen molar-refractivity contribution in [2.75, 3.05) is 0 Å². The van der Waals surface area contributed by atoms with Gasteiger partial charge in [-0.25, -0.2) is 4.79 Å². The minimum Gasteiger partial charge on any atom is -0.479 e. The Morgan fingerprint density at radius 1 is 1.50 bits per heavy atom. The smallest absolute Gasteiger partial charge is 0.344 e. The Hall–Kier alpha value is -1.91. The average Bonchev–Trinajstić information content (AvgIpc) is 2.35. The van der Waals surface area contributed by atoms with Crippen LogP contribution in [0.15, 0.2) is 23.4 Å². The molecule has 0 bridgehead atoms. The Kier molecular flexibility index (Phi) is 4.83. The highest BCUT2D eigenvalue weighted by Gasteiger charge is 2.18. The highest BCUT2D eigenvalue weighted by atomic mass is 16.5. The van der Waals surface area contributed by atoms with E-state index in [0.717, 1.165) is 11.1 Å². The summed E-state index contributed by atoms with van der Waals surface area (Å²) in [6, 6.07) is 4.77. The van der Waals surface area contributed by atoms with Crippen LogP contribution in [-0.4, -0.2) is 17.2 Å². The van der Waals surface area contributed by atoms with E-state index in [-0.39, 0.29) is 0 Å². The number of carboxylic acid groups (broad SMARTS) is 1. The van der Waals surface area contributed by atoms with E-state index in [0.29, 0.717) is 12.2 Å². The molecule has 1 rings (SSSR count). The minimum atomic E-state index is -0.982. The molecule has 0 amide bonds. The average molecular weight is 251 g/mol. The lowest BCUT2D eigenvalue weighted by Crippen LogP contribution is -2.26. The summed E-state index contributed by atoms with van der Waals surface area (Å²) in [5.41, 5.74) is 1.58. The molecule has 1 aromatic rings. The molecule has 2 unspecified atom stereocenters.